The van der Waals surface area contributed by atoms with E-state index in [2.05, 4.69) is 25.7 Å². The van der Waals surface area contributed by atoms with Crippen LogP contribution in [0.2, 0.25) is 0 Å². The van der Waals surface area contributed by atoms with E-state index >= 15 is 0 Å². The summed E-state index contributed by atoms with van der Waals surface area (Å²) in [5.41, 5.74) is 9.66. The molecule has 1 fully saturated rings. The maximum Gasteiger partial charge on any atom is 0.214 e. The molecule has 12 heteroatoms. The summed E-state index contributed by atoms with van der Waals surface area (Å²) >= 11 is 0. The maximum absolute atomic E-state index is 13.1. The molecule has 1 saturated carbocycles. The molecule has 2 N–H and O–H groups in total. The van der Waals surface area contributed by atoms with Crippen molar-refractivity contribution in [2.75, 3.05) is 17.6 Å². The molecule has 1 aliphatic carbocycles. The van der Waals surface area contributed by atoms with Gasteiger partial charge in [-0.1, -0.05) is 42.9 Å². The second kappa shape index (κ2) is 14.1. The van der Waals surface area contributed by atoms with Crippen molar-refractivity contribution in [2.45, 2.75) is 64.0 Å². The third-order valence-corrected chi connectivity index (χ3v) is 7.97. The molecular formula is C24H32N8O3S. The van der Waals surface area contributed by atoms with Crippen molar-refractivity contribution >= 4 is 27.4 Å². The third kappa shape index (κ3) is 8.61. The maximum atomic E-state index is 13.1. The fourth-order valence-electron chi connectivity index (χ4n) is 4.22. The predicted molar refractivity (Wildman–Crippen MR) is 139 cm³/mol. The van der Waals surface area contributed by atoms with Gasteiger partial charge in [-0.3, -0.25) is 10.3 Å². The molecule has 2 aromatic rings. The summed E-state index contributed by atoms with van der Waals surface area (Å²) in [4.78, 5) is 7.13. The van der Waals surface area contributed by atoms with E-state index in [4.69, 9.17) is 15.2 Å². The highest BCUT2D eigenvalue weighted by Crippen LogP contribution is 2.28. The highest BCUT2D eigenvalue weighted by atomic mass is 32.2. The molecule has 1 aromatic heterocycles. The molecule has 0 atom stereocenters. The minimum Gasteiger partial charge on any atom is -0.468 e. The van der Waals surface area contributed by atoms with Gasteiger partial charge in [-0.05, 0) is 55.5 Å². The number of unbranched alkanes of at least 4 members (excludes halogenated alkanes) is 3. The van der Waals surface area contributed by atoms with Gasteiger partial charge in [-0.2, -0.15) is 9.57 Å². The number of guanidine groups is 1. The van der Waals surface area contributed by atoms with E-state index in [0.29, 0.717) is 42.6 Å². The van der Waals surface area contributed by atoms with E-state index < -0.39 is 10.0 Å². The topological polar surface area (TPSA) is 159 Å². The van der Waals surface area contributed by atoms with Crippen LogP contribution in [0, 0.1) is 11.5 Å². The van der Waals surface area contributed by atoms with Crippen LogP contribution in [-0.2, 0) is 16.6 Å². The largest absolute Gasteiger partial charge is 0.468 e. The van der Waals surface area contributed by atoms with E-state index in [1.807, 2.05) is 12.3 Å². The first-order valence-corrected chi connectivity index (χ1v) is 13.8. The van der Waals surface area contributed by atoms with Gasteiger partial charge in [-0.25, -0.2) is 8.42 Å². The minimum atomic E-state index is -3.37. The van der Waals surface area contributed by atoms with Crippen LogP contribution in [0.25, 0.3) is 10.4 Å². The summed E-state index contributed by atoms with van der Waals surface area (Å²) in [7, 11) is -3.37. The molecule has 1 heterocycles. The number of nitrogens with zero attached hydrogens (tertiary/aromatic N) is 6. The van der Waals surface area contributed by atoms with Crippen molar-refractivity contribution in [3.05, 3.63) is 58.9 Å². The lowest BCUT2D eigenvalue weighted by Gasteiger charge is -2.27. The number of hydrogen-bond acceptors (Lipinski definition) is 6. The fourth-order valence-corrected chi connectivity index (χ4v) is 6.02. The van der Waals surface area contributed by atoms with Crippen molar-refractivity contribution in [3.8, 4) is 6.19 Å². The van der Waals surface area contributed by atoms with E-state index in [1.54, 1.807) is 40.9 Å². The van der Waals surface area contributed by atoms with E-state index in [-0.39, 0.29) is 11.8 Å². The number of furan rings is 1. The summed E-state index contributed by atoms with van der Waals surface area (Å²) in [6, 6.07) is 10.4. The predicted octanol–water partition coefficient (Wildman–Crippen LogP) is 5.39. The Morgan fingerprint density at radius 1 is 1.17 bits per heavy atom. The van der Waals surface area contributed by atoms with Gasteiger partial charge in [0.05, 0.1) is 18.6 Å². The highest BCUT2D eigenvalue weighted by Gasteiger charge is 2.32. The zero-order valence-corrected chi connectivity index (χ0v) is 21.0. The Hall–Kier alpha value is -3.52. The van der Waals surface area contributed by atoms with Crippen molar-refractivity contribution in [2.24, 2.45) is 10.1 Å². The highest BCUT2D eigenvalue weighted by molar-refractivity contribution is 7.89. The lowest BCUT2D eigenvalue weighted by atomic mass is 10.2. The van der Waals surface area contributed by atoms with Crippen LogP contribution >= 0.6 is 0 Å². The lowest BCUT2D eigenvalue weighted by molar-refractivity contribution is 0.291. The second-order valence-corrected chi connectivity index (χ2v) is 10.7. The van der Waals surface area contributed by atoms with Crippen LogP contribution < -0.4 is 10.6 Å². The number of benzene rings is 1. The standard InChI is InChI=1S/C24H32N8O3S/c25-19-28-24(29-20-11-13-21(14-12-20)30-31-26)27-15-5-1-2-6-17-36(33,34)32(22-8-3-4-9-22)18-23-10-7-16-35-23/h7,10-14,16,22H,1-6,8-9,15,17-18H2,(H2,27,28,29). The summed E-state index contributed by atoms with van der Waals surface area (Å²) in [5, 5.41) is 18.0. The average molecular weight is 513 g/mol. The van der Waals surface area contributed by atoms with Gasteiger partial charge in [0.15, 0.2) is 6.19 Å². The lowest BCUT2D eigenvalue weighted by Crippen LogP contribution is -2.39. The number of hydrogen-bond donors (Lipinski definition) is 2. The zero-order chi connectivity index (χ0) is 25.6. The van der Waals surface area contributed by atoms with E-state index in [9.17, 15) is 8.42 Å². The molecule has 0 radical (unpaired) electrons. The molecule has 0 saturated heterocycles. The van der Waals surface area contributed by atoms with Crippen LogP contribution in [0.1, 0.15) is 57.1 Å². The Morgan fingerprint density at radius 2 is 1.92 bits per heavy atom. The Kier molecular flexibility index (Phi) is 10.6. The Morgan fingerprint density at radius 3 is 2.58 bits per heavy atom. The molecule has 36 heavy (non-hydrogen) atoms. The molecular weight excluding hydrogens is 480 g/mol. The number of azide groups is 1. The number of aliphatic imine (C=N–C) groups is 1. The van der Waals surface area contributed by atoms with Gasteiger partial charge < -0.3 is 9.73 Å². The molecule has 0 spiro atoms. The van der Waals surface area contributed by atoms with Crippen molar-refractivity contribution in [3.63, 3.8) is 0 Å². The number of anilines is 1. The number of rotatable bonds is 13. The average Bonchev–Trinajstić information content (AvgIpc) is 3.58. The van der Waals surface area contributed by atoms with E-state index in [0.717, 1.165) is 44.9 Å². The Bertz CT molecular complexity index is 1160. The Balaban J connectivity index is 1.43. The third-order valence-electron chi connectivity index (χ3n) is 6.03. The quantitative estimate of drug-likeness (QED) is 0.0534. The molecule has 11 nitrogen and oxygen atoms in total. The van der Waals surface area contributed by atoms with Crippen molar-refractivity contribution in [1.29, 1.82) is 5.26 Å². The van der Waals surface area contributed by atoms with Gasteiger partial charge in [0, 0.05) is 28.9 Å². The first-order chi connectivity index (χ1) is 17.5. The molecule has 3 rings (SSSR count). The molecule has 1 aliphatic rings. The number of nitrogens with one attached hydrogen (secondary N) is 2. The SMILES string of the molecule is N#CNC(=NCCCCCCS(=O)(=O)N(Cc1ccco1)C1CCCC1)Nc1ccc(N=[N+]=[N-])cc1. The monoisotopic (exact) mass is 512 g/mol. The van der Waals surface area contributed by atoms with Crippen molar-refractivity contribution < 1.29 is 12.8 Å². The van der Waals surface area contributed by atoms with Crippen LogP contribution in [0.5, 0.6) is 0 Å². The molecule has 0 unspecified atom stereocenters. The van der Waals surface area contributed by atoms with Crippen LogP contribution in [-0.4, -0.2) is 37.0 Å². The summed E-state index contributed by atoms with van der Waals surface area (Å²) < 4.78 is 33.3. The summed E-state index contributed by atoms with van der Waals surface area (Å²) in [6.45, 7) is 0.790. The Labute approximate surface area is 211 Å². The normalized spacial score (nSPS) is 14.4. The fraction of sp³-hybridized carbons (Fsp3) is 0.500. The molecule has 1 aromatic carbocycles. The smallest absolute Gasteiger partial charge is 0.214 e. The molecule has 192 valence electrons. The van der Waals surface area contributed by atoms with Crippen LogP contribution in [0.15, 0.2) is 57.2 Å². The first kappa shape index (κ1) is 27.1. The first-order valence-electron chi connectivity index (χ1n) is 12.2. The van der Waals surface area contributed by atoms with Gasteiger partial charge in [-0.15, -0.1) is 0 Å². The second-order valence-electron chi connectivity index (χ2n) is 8.62. The van der Waals surface area contributed by atoms with Gasteiger partial charge in [0.2, 0.25) is 16.0 Å². The summed E-state index contributed by atoms with van der Waals surface area (Å²) in [6.07, 6.45) is 10.3. The zero-order valence-electron chi connectivity index (χ0n) is 20.2. The molecule has 0 aliphatic heterocycles. The summed E-state index contributed by atoms with van der Waals surface area (Å²) in [5.74, 6) is 1.12. The van der Waals surface area contributed by atoms with Crippen LogP contribution in [0.4, 0.5) is 11.4 Å². The van der Waals surface area contributed by atoms with E-state index in [1.165, 1.54) is 0 Å². The molecule has 0 amide bonds. The minimum absolute atomic E-state index is 0.0586. The van der Waals surface area contributed by atoms with Gasteiger partial charge >= 0.3 is 0 Å². The number of nitriles is 1. The van der Waals surface area contributed by atoms with Crippen LogP contribution in [0.3, 0.4) is 0 Å². The van der Waals surface area contributed by atoms with Gasteiger partial charge in [0.25, 0.3) is 0 Å². The van der Waals surface area contributed by atoms with Crippen molar-refractivity contribution in [1.82, 2.24) is 9.62 Å². The van der Waals surface area contributed by atoms with Gasteiger partial charge in [0.1, 0.15) is 5.76 Å². The number of sulfonamides is 1. The molecule has 0 bridgehead atoms.